The number of aromatic nitrogens is 1. The summed E-state index contributed by atoms with van der Waals surface area (Å²) in [5.74, 6) is 0.337. The number of ether oxygens (including phenoxy) is 1. The van der Waals surface area contributed by atoms with E-state index in [0.29, 0.717) is 27.7 Å². The first kappa shape index (κ1) is 18.7. The van der Waals surface area contributed by atoms with Crippen molar-refractivity contribution in [3.63, 3.8) is 0 Å². The number of aryl methyl sites for hydroxylation is 2. The molecule has 0 atom stereocenters. The summed E-state index contributed by atoms with van der Waals surface area (Å²) in [6, 6.07) is 12.9. The Hall–Kier alpha value is -3.05. The minimum atomic E-state index is -0.266. The van der Waals surface area contributed by atoms with Crippen LogP contribution >= 0.6 is 11.6 Å². The van der Waals surface area contributed by atoms with Crippen molar-refractivity contribution in [1.82, 2.24) is 4.98 Å². The lowest BCUT2D eigenvalue weighted by Gasteiger charge is -2.13. The minimum Gasteiger partial charge on any atom is -0.495 e. The fraction of sp³-hybridized carbons (Fsp3) is 0.143. The summed E-state index contributed by atoms with van der Waals surface area (Å²) in [6.07, 6.45) is 3.18. The molecule has 0 aliphatic rings. The molecule has 1 amide bonds. The van der Waals surface area contributed by atoms with E-state index in [-0.39, 0.29) is 5.91 Å². The molecular formula is C21H20ClN3O2. The molecule has 3 rings (SSSR count). The zero-order valence-corrected chi connectivity index (χ0v) is 16.1. The van der Waals surface area contributed by atoms with Crippen LogP contribution in [-0.2, 0) is 0 Å². The second kappa shape index (κ2) is 8.10. The topological polar surface area (TPSA) is 63.2 Å². The number of benzene rings is 2. The number of nitrogens with one attached hydrogen (secondary N) is 2. The Labute approximate surface area is 163 Å². The maximum atomic E-state index is 12.7. The largest absolute Gasteiger partial charge is 0.495 e. The zero-order chi connectivity index (χ0) is 19.4. The summed E-state index contributed by atoms with van der Waals surface area (Å²) in [7, 11) is 1.57. The van der Waals surface area contributed by atoms with E-state index in [2.05, 4.69) is 15.6 Å². The minimum absolute atomic E-state index is 0.266. The van der Waals surface area contributed by atoms with Crippen LogP contribution in [0, 0.1) is 13.8 Å². The first-order chi connectivity index (χ1) is 13.0. The highest BCUT2D eigenvalue weighted by Crippen LogP contribution is 2.27. The molecule has 0 spiro atoms. The molecule has 1 heterocycles. The van der Waals surface area contributed by atoms with Gasteiger partial charge in [-0.1, -0.05) is 23.7 Å². The predicted molar refractivity (Wildman–Crippen MR) is 109 cm³/mol. The Kier molecular flexibility index (Phi) is 5.62. The van der Waals surface area contributed by atoms with Crippen LogP contribution in [0.3, 0.4) is 0 Å². The number of methoxy groups -OCH3 is 1. The Morgan fingerprint density at radius 1 is 1.04 bits per heavy atom. The Bertz CT molecular complexity index is 989. The van der Waals surface area contributed by atoms with E-state index in [1.165, 1.54) is 6.20 Å². The van der Waals surface area contributed by atoms with Crippen LogP contribution in [0.2, 0.25) is 5.02 Å². The van der Waals surface area contributed by atoms with E-state index in [4.69, 9.17) is 16.3 Å². The third-order valence-electron chi connectivity index (χ3n) is 4.08. The van der Waals surface area contributed by atoms with Gasteiger partial charge in [-0.2, -0.15) is 0 Å². The van der Waals surface area contributed by atoms with Gasteiger partial charge in [-0.05, 0) is 55.3 Å². The fourth-order valence-corrected chi connectivity index (χ4v) is 2.80. The molecule has 5 nitrogen and oxygen atoms in total. The Balaban J connectivity index is 1.82. The molecule has 1 aromatic heterocycles. The number of amides is 1. The maximum Gasteiger partial charge on any atom is 0.257 e. The molecule has 138 valence electrons. The van der Waals surface area contributed by atoms with Gasteiger partial charge in [0.2, 0.25) is 0 Å². The number of anilines is 3. The normalized spacial score (nSPS) is 10.4. The molecule has 0 saturated carbocycles. The zero-order valence-electron chi connectivity index (χ0n) is 15.3. The van der Waals surface area contributed by atoms with Crippen LogP contribution in [0.1, 0.15) is 21.5 Å². The lowest BCUT2D eigenvalue weighted by molar-refractivity contribution is 0.102. The molecule has 0 unspecified atom stereocenters. The molecule has 0 saturated heterocycles. The third kappa shape index (κ3) is 4.57. The summed E-state index contributed by atoms with van der Waals surface area (Å²) < 4.78 is 5.31. The van der Waals surface area contributed by atoms with Crippen molar-refractivity contribution >= 4 is 34.6 Å². The number of pyridine rings is 1. The summed E-state index contributed by atoms with van der Waals surface area (Å²) >= 11 is 6.06. The predicted octanol–water partition coefficient (Wildman–Crippen LogP) is 5.36. The van der Waals surface area contributed by atoms with E-state index in [0.717, 1.165) is 16.8 Å². The Morgan fingerprint density at radius 2 is 1.85 bits per heavy atom. The number of rotatable bonds is 5. The van der Waals surface area contributed by atoms with Crippen LogP contribution < -0.4 is 15.4 Å². The first-order valence-corrected chi connectivity index (χ1v) is 8.78. The van der Waals surface area contributed by atoms with Gasteiger partial charge in [0.15, 0.2) is 0 Å². The molecule has 2 aromatic carbocycles. The van der Waals surface area contributed by atoms with Crippen molar-refractivity contribution < 1.29 is 9.53 Å². The molecule has 0 radical (unpaired) electrons. The quantitative estimate of drug-likeness (QED) is 0.624. The highest BCUT2D eigenvalue weighted by molar-refractivity contribution is 6.30. The monoisotopic (exact) mass is 381 g/mol. The van der Waals surface area contributed by atoms with Gasteiger partial charge < -0.3 is 15.4 Å². The molecule has 3 aromatic rings. The van der Waals surface area contributed by atoms with Gasteiger partial charge >= 0.3 is 0 Å². The molecule has 0 fully saturated rings. The van der Waals surface area contributed by atoms with E-state index in [1.807, 2.05) is 50.2 Å². The van der Waals surface area contributed by atoms with Crippen LogP contribution in [0.15, 0.2) is 54.9 Å². The van der Waals surface area contributed by atoms with Crippen molar-refractivity contribution in [2.45, 2.75) is 13.8 Å². The van der Waals surface area contributed by atoms with Gasteiger partial charge in [-0.25, -0.2) is 0 Å². The lowest BCUT2D eigenvalue weighted by atomic mass is 10.1. The SMILES string of the molecule is COc1ccc(C)cc1NC(=O)c1cncc(Nc2cc(Cl)ccc2C)c1. The molecule has 0 aliphatic heterocycles. The van der Waals surface area contributed by atoms with Crippen molar-refractivity contribution in [3.05, 3.63) is 76.6 Å². The molecular weight excluding hydrogens is 362 g/mol. The summed E-state index contributed by atoms with van der Waals surface area (Å²) in [4.78, 5) is 16.8. The smallest absolute Gasteiger partial charge is 0.257 e. The number of nitrogens with zero attached hydrogens (tertiary/aromatic N) is 1. The van der Waals surface area contributed by atoms with Crippen molar-refractivity contribution in [3.8, 4) is 5.75 Å². The summed E-state index contributed by atoms with van der Waals surface area (Å²) in [6.45, 7) is 3.93. The average Bonchev–Trinajstić information content (AvgIpc) is 2.65. The number of halogens is 1. The molecule has 0 bridgehead atoms. The van der Waals surface area contributed by atoms with E-state index in [9.17, 15) is 4.79 Å². The maximum absolute atomic E-state index is 12.7. The highest BCUT2D eigenvalue weighted by atomic mass is 35.5. The molecule has 0 aliphatic carbocycles. The third-order valence-corrected chi connectivity index (χ3v) is 4.32. The average molecular weight is 382 g/mol. The van der Waals surface area contributed by atoms with Crippen molar-refractivity contribution in [2.75, 3.05) is 17.7 Å². The van der Waals surface area contributed by atoms with Gasteiger partial charge in [0.1, 0.15) is 5.75 Å². The van der Waals surface area contributed by atoms with E-state index in [1.54, 1.807) is 19.4 Å². The highest BCUT2D eigenvalue weighted by Gasteiger charge is 2.11. The number of carbonyl (C=O) groups is 1. The van der Waals surface area contributed by atoms with Gasteiger partial charge in [0.05, 0.1) is 30.2 Å². The summed E-state index contributed by atoms with van der Waals surface area (Å²) in [5, 5.41) is 6.77. The van der Waals surface area contributed by atoms with Crippen molar-refractivity contribution in [2.24, 2.45) is 0 Å². The molecule has 6 heteroatoms. The second-order valence-electron chi connectivity index (χ2n) is 6.20. The lowest BCUT2D eigenvalue weighted by Crippen LogP contribution is -2.13. The standard InChI is InChI=1S/C21H20ClN3O2/c1-13-4-7-20(27-3)19(8-13)25-21(26)15-9-17(12-23-11-15)24-18-10-16(22)6-5-14(18)2/h4-12,24H,1-3H3,(H,25,26). The Morgan fingerprint density at radius 3 is 2.63 bits per heavy atom. The van der Waals surface area contributed by atoms with E-state index >= 15 is 0 Å². The second-order valence-corrected chi connectivity index (χ2v) is 6.64. The number of carbonyl (C=O) groups excluding carboxylic acids is 1. The van der Waals surface area contributed by atoms with Gasteiger partial charge in [-0.15, -0.1) is 0 Å². The fourth-order valence-electron chi connectivity index (χ4n) is 2.63. The first-order valence-electron chi connectivity index (χ1n) is 8.40. The van der Waals surface area contributed by atoms with Crippen LogP contribution in [0.25, 0.3) is 0 Å². The number of hydrogen-bond acceptors (Lipinski definition) is 4. The number of hydrogen-bond donors (Lipinski definition) is 2. The molecule has 27 heavy (non-hydrogen) atoms. The van der Waals surface area contributed by atoms with E-state index < -0.39 is 0 Å². The van der Waals surface area contributed by atoms with Crippen LogP contribution in [-0.4, -0.2) is 18.0 Å². The van der Waals surface area contributed by atoms with Gasteiger partial charge in [0, 0.05) is 16.9 Å². The molecule has 2 N–H and O–H groups in total. The van der Waals surface area contributed by atoms with Crippen molar-refractivity contribution in [1.29, 1.82) is 0 Å². The summed E-state index contributed by atoms with van der Waals surface area (Å²) in [5.41, 5.74) is 4.68. The van der Waals surface area contributed by atoms with Crippen LogP contribution in [0.4, 0.5) is 17.1 Å². The van der Waals surface area contributed by atoms with Gasteiger partial charge in [-0.3, -0.25) is 9.78 Å². The van der Waals surface area contributed by atoms with Gasteiger partial charge in [0.25, 0.3) is 5.91 Å². The van der Waals surface area contributed by atoms with Crippen LogP contribution in [0.5, 0.6) is 5.75 Å².